The highest BCUT2D eigenvalue weighted by atomic mass is 16.1. The smallest absolute Gasteiger partial charge is 0.209 e. The lowest BCUT2D eigenvalue weighted by Crippen LogP contribution is -2.29. The Kier molecular flexibility index (Phi) is 4.15. The van der Waals surface area contributed by atoms with Gasteiger partial charge in [0.25, 0.3) is 0 Å². The van der Waals surface area contributed by atoms with E-state index in [1.54, 1.807) is 28.9 Å². The van der Waals surface area contributed by atoms with Crippen molar-refractivity contribution in [3.05, 3.63) is 83.7 Å². The van der Waals surface area contributed by atoms with Gasteiger partial charge in [0.15, 0.2) is 5.78 Å². The predicted molar refractivity (Wildman–Crippen MR) is 96.6 cm³/mol. The van der Waals surface area contributed by atoms with Crippen molar-refractivity contribution in [2.45, 2.75) is 6.54 Å². The third-order valence-electron chi connectivity index (χ3n) is 4.22. The van der Waals surface area contributed by atoms with Crippen molar-refractivity contribution in [3.63, 3.8) is 0 Å². The SMILES string of the molecule is O=C1C=C(NCCn2cc(-c3ccccc3)nn2)C(=O)c2ccccc21. The number of hydrogen-bond donors (Lipinski definition) is 1. The standard InChI is InChI=1S/C20H16N4O2/c25-19-12-17(20(26)16-9-5-4-8-15(16)19)21-10-11-24-13-18(22-23-24)14-6-2-1-3-7-14/h1-9,12-13,21H,10-11H2. The Morgan fingerprint density at radius 3 is 2.46 bits per heavy atom. The molecule has 0 saturated heterocycles. The van der Waals surface area contributed by atoms with Crippen molar-refractivity contribution in [3.8, 4) is 11.3 Å². The summed E-state index contributed by atoms with van der Waals surface area (Å²) in [4.78, 5) is 24.6. The van der Waals surface area contributed by atoms with Crippen LogP contribution in [0.5, 0.6) is 0 Å². The number of Topliss-reactive ketones (excluding diaryl/α,β-unsaturated/α-hetero) is 1. The maximum atomic E-state index is 12.5. The van der Waals surface area contributed by atoms with Gasteiger partial charge in [-0.2, -0.15) is 0 Å². The van der Waals surface area contributed by atoms with Gasteiger partial charge in [0, 0.05) is 29.3 Å². The molecule has 128 valence electrons. The first-order valence-corrected chi connectivity index (χ1v) is 8.31. The van der Waals surface area contributed by atoms with Crippen LogP contribution in [0.1, 0.15) is 20.7 Å². The fraction of sp³-hybridized carbons (Fsp3) is 0.100. The molecule has 1 aliphatic carbocycles. The fourth-order valence-electron chi connectivity index (χ4n) is 2.90. The second-order valence-corrected chi connectivity index (χ2v) is 5.96. The number of benzene rings is 2. The molecular weight excluding hydrogens is 328 g/mol. The van der Waals surface area contributed by atoms with Gasteiger partial charge in [-0.15, -0.1) is 5.10 Å². The van der Waals surface area contributed by atoms with Crippen LogP contribution in [0, 0.1) is 0 Å². The predicted octanol–water partition coefficient (Wildman–Crippen LogP) is 2.50. The van der Waals surface area contributed by atoms with E-state index in [9.17, 15) is 9.59 Å². The minimum absolute atomic E-state index is 0.158. The number of nitrogens with one attached hydrogen (secondary N) is 1. The lowest BCUT2D eigenvalue weighted by atomic mass is 9.93. The van der Waals surface area contributed by atoms with E-state index < -0.39 is 0 Å². The topological polar surface area (TPSA) is 76.9 Å². The number of nitrogens with zero attached hydrogens (tertiary/aromatic N) is 3. The molecule has 0 saturated carbocycles. The van der Waals surface area contributed by atoms with Crippen LogP contribution in [-0.2, 0) is 6.54 Å². The quantitative estimate of drug-likeness (QED) is 0.769. The van der Waals surface area contributed by atoms with E-state index in [4.69, 9.17) is 0 Å². The van der Waals surface area contributed by atoms with Gasteiger partial charge in [-0.25, -0.2) is 0 Å². The third-order valence-corrected chi connectivity index (χ3v) is 4.22. The number of carbonyl (C=O) groups is 2. The van der Waals surface area contributed by atoms with Gasteiger partial charge in [0.2, 0.25) is 5.78 Å². The van der Waals surface area contributed by atoms with E-state index in [-0.39, 0.29) is 11.6 Å². The fourth-order valence-corrected chi connectivity index (χ4v) is 2.90. The minimum atomic E-state index is -0.163. The van der Waals surface area contributed by atoms with Crippen LogP contribution < -0.4 is 5.32 Å². The van der Waals surface area contributed by atoms with Crippen LogP contribution >= 0.6 is 0 Å². The molecule has 26 heavy (non-hydrogen) atoms. The van der Waals surface area contributed by atoms with Gasteiger partial charge in [0.05, 0.1) is 18.4 Å². The maximum Gasteiger partial charge on any atom is 0.209 e. The average molecular weight is 344 g/mol. The van der Waals surface area contributed by atoms with Crippen molar-refractivity contribution in [2.75, 3.05) is 6.54 Å². The molecule has 3 aromatic rings. The molecule has 1 heterocycles. The van der Waals surface area contributed by atoms with Crippen LogP contribution in [0.3, 0.4) is 0 Å². The summed E-state index contributed by atoms with van der Waals surface area (Å²) in [6, 6.07) is 16.7. The summed E-state index contributed by atoms with van der Waals surface area (Å²) < 4.78 is 1.71. The molecule has 6 heteroatoms. The first-order chi connectivity index (χ1) is 12.7. The van der Waals surface area contributed by atoms with E-state index in [2.05, 4.69) is 15.6 Å². The highest BCUT2D eigenvalue weighted by Gasteiger charge is 2.24. The lowest BCUT2D eigenvalue weighted by molar-refractivity contribution is 0.0978. The molecule has 1 N–H and O–H groups in total. The molecule has 0 unspecified atom stereocenters. The van der Waals surface area contributed by atoms with Gasteiger partial charge in [-0.3, -0.25) is 14.3 Å². The van der Waals surface area contributed by atoms with Gasteiger partial charge < -0.3 is 5.32 Å². The van der Waals surface area contributed by atoms with E-state index in [1.165, 1.54) is 6.08 Å². The Balaban J connectivity index is 1.41. The second kappa shape index (κ2) is 6.76. The summed E-state index contributed by atoms with van der Waals surface area (Å²) in [7, 11) is 0. The molecule has 0 spiro atoms. The Morgan fingerprint density at radius 1 is 0.923 bits per heavy atom. The Bertz CT molecular complexity index is 1010. The Hall–Kier alpha value is -3.54. The molecule has 1 aliphatic rings. The number of fused-ring (bicyclic) bond motifs is 1. The molecule has 1 aromatic heterocycles. The van der Waals surface area contributed by atoms with Crippen molar-refractivity contribution in [2.24, 2.45) is 0 Å². The van der Waals surface area contributed by atoms with Crippen LogP contribution in [-0.4, -0.2) is 33.1 Å². The maximum absolute atomic E-state index is 12.5. The number of allylic oxidation sites excluding steroid dienone is 2. The molecule has 0 bridgehead atoms. The molecule has 0 aliphatic heterocycles. The van der Waals surface area contributed by atoms with Crippen molar-refractivity contribution < 1.29 is 9.59 Å². The van der Waals surface area contributed by atoms with Crippen LogP contribution in [0.25, 0.3) is 11.3 Å². The van der Waals surface area contributed by atoms with Crippen LogP contribution in [0.15, 0.2) is 72.6 Å². The lowest BCUT2D eigenvalue weighted by Gasteiger charge is -2.16. The zero-order chi connectivity index (χ0) is 17.9. The summed E-state index contributed by atoms with van der Waals surface area (Å²) in [5.41, 5.74) is 3.00. The first-order valence-electron chi connectivity index (χ1n) is 8.31. The summed E-state index contributed by atoms with van der Waals surface area (Å²) in [5.74, 6) is -0.321. The van der Waals surface area contributed by atoms with Gasteiger partial charge in [-0.1, -0.05) is 59.8 Å². The highest BCUT2D eigenvalue weighted by molar-refractivity contribution is 6.24. The number of hydrogen-bond acceptors (Lipinski definition) is 5. The van der Waals surface area contributed by atoms with Crippen molar-refractivity contribution in [1.82, 2.24) is 20.3 Å². The normalized spacial score (nSPS) is 13.3. The first kappa shape index (κ1) is 16.0. The van der Waals surface area contributed by atoms with E-state index >= 15 is 0 Å². The zero-order valence-electron chi connectivity index (χ0n) is 13.9. The number of carbonyl (C=O) groups excluding carboxylic acids is 2. The number of ketones is 2. The molecular formula is C20H16N4O2. The molecule has 0 fully saturated rings. The van der Waals surface area contributed by atoms with E-state index in [0.717, 1.165) is 11.3 Å². The zero-order valence-corrected chi connectivity index (χ0v) is 13.9. The summed E-state index contributed by atoms with van der Waals surface area (Å²) in [6.07, 6.45) is 3.22. The average Bonchev–Trinajstić information content (AvgIpc) is 3.15. The van der Waals surface area contributed by atoms with Gasteiger partial charge in [-0.05, 0) is 0 Å². The molecule has 6 nitrogen and oxygen atoms in total. The molecule has 0 amide bonds. The molecule has 0 radical (unpaired) electrons. The largest absolute Gasteiger partial charge is 0.380 e. The monoisotopic (exact) mass is 344 g/mol. The van der Waals surface area contributed by atoms with Gasteiger partial charge in [0.1, 0.15) is 5.69 Å². The molecule has 4 rings (SSSR count). The molecule has 2 aromatic carbocycles. The van der Waals surface area contributed by atoms with Crippen LogP contribution in [0.2, 0.25) is 0 Å². The van der Waals surface area contributed by atoms with Gasteiger partial charge >= 0.3 is 0 Å². The Labute approximate surface area is 150 Å². The van der Waals surface area contributed by atoms with Crippen molar-refractivity contribution >= 4 is 11.6 Å². The van der Waals surface area contributed by atoms with Crippen LogP contribution in [0.4, 0.5) is 0 Å². The Morgan fingerprint density at radius 2 is 1.65 bits per heavy atom. The number of rotatable bonds is 5. The minimum Gasteiger partial charge on any atom is -0.380 e. The highest BCUT2D eigenvalue weighted by Crippen LogP contribution is 2.19. The second-order valence-electron chi connectivity index (χ2n) is 5.96. The summed E-state index contributed by atoms with van der Waals surface area (Å²) in [5, 5.41) is 11.3. The van der Waals surface area contributed by atoms with E-state index in [0.29, 0.717) is 29.9 Å². The van der Waals surface area contributed by atoms with E-state index in [1.807, 2.05) is 36.5 Å². The van der Waals surface area contributed by atoms with Crippen molar-refractivity contribution in [1.29, 1.82) is 0 Å². The molecule has 0 atom stereocenters. The number of aromatic nitrogens is 3. The summed E-state index contributed by atoms with van der Waals surface area (Å²) >= 11 is 0. The third kappa shape index (κ3) is 3.04. The summed E-state index contributed by atoms with van der Waals surface area (Å²) in [6.45, 7) is 0.991.